The molecule has 0 aliphatic heterocycles. The fourth-order valence-electron chi connectivity index (χ4n) is 3.18. The molecule has 1 N–H and O–H groups in total. The summed E-state index contributed by atoms with van der Waals surface area (Å²) in [5.41, 5.74) is 2.84. The minimum Gasteiger partial charge on any atom is -0.331 e. The van der Waals surface area contributed by atoms with Crippen molar-refractivity contribution in [2.45, 2.75) is 71.9 Å². The number of nitrogens with zero attached hydrogens (tertiary/aromatic N) is 2. The summed E-state index contributed by atoms with van der Waals surface area (Å²) in [4.78, 5) is 4.33. The number of hydrogen-bond donors (Lipinski definition) is 1. The van der Waals surface area contributed by atoms with Gasteiger partial charge in [0.15, 0.2) is 0 Å². The standard InChI is InChI=1S/C18H31N3/c1-4-10-21-14-19-13-18(21)11-17(12-20-15(2)3)16-8-6-5-7-9-16/h11,13-16,20H,4-10,12H2,1-3H3/b17-11-. The van der Waals surface area contributed by atoms with Gasteiger partial charge in [0.2, 0.25) is 0 Å². The Morgan fingerprint density at radius 1 is 1.38 bits per heavy atom. The Kier molecular flexibility index (Phi) is 6.50. The van der Waals surface area contributed by atoms with Crippen molar-refractivity contribution in [3.05, 3.63) is 23.8 Å². The summed E-state index contributed by atoms with van der Waals surface area (Å²) in [6.07, 6.45) is 14.4. The molecule has 3 nitrogen and oxygen atoms in total. The van der Waals surface area contributed by atoms with Crippen molar-refractivity contribution in [2.75, 3.05) is 6.54 Å². The Bertz CT molecular complexity index is 439. The topological polar surface area (TPSA) is 29.9 Å². The maximum Gasteiger partial charge on any atom is 0.0950 e. The second-order valence-electron chi connectivity index (χ2n) is 6.60. The van der Waals surface area contributed by atoms with Gasteiger partial charge in [-0.15, -0.1) is 0 Å². The second-order valence-corrected chi connectivity index (χ2v) is 6.60. The van der Waals surface area contributed by atoms with E-state index in [1.165, 1.54) is 37.8 Å². The van der Waals surface area contributed by atoms with Crippen LogP contribution in [0.25, 0.3) is 6.08 Å². The lowest BCUT2D eigenvalue weighted by Gasteiger charge is -2.26. The lowest BCUT2D eigenvalue weighted by molar-refractivity contribution is 0.394. The van der Waals surface area contributed by atoms with Crippen LogP contribution in [0.15, 0.2) is 18.1 Å². The summed E-state index contributed by atoms with van der Waals surface area (Å²) in [5, 5.41) is 3.61. The predicted octanol–water partition coefficient (Wildman–Crippen LogP) is 4.25. The average molecular weight is 289 g/mol. The van der Waals surface area contributed by atoms with Gasteiger partial charge in [0.05, 0.1) is 18.2 Å². The van der Waals surface area contributed by atoms with E-state index in [-0.39, 0.29) is 0 Å². The van der Waals surface area contributed by atoms with Crippen molar-refractivity contribution in [1.82, 2.24) is 14.9 Å². The van der Waals surface area contributed by atoms with Gasteiger partial charge in [0, 0.05) is 19.1 Å². The van der Waals surface area contributed by atoms with Crippen LogP contribution in [0.5, 0.6) is 0 Å². The summed E-state index contributed by atoms with van der Waals surface area (Å²) >= 11 is 0. The van der Waals surface area contributed by atoms with Crippen LogP contribution in [0, 0.1) is 5.92 Å². The molecule has 0 radical (unpaired) electrons. The molecule has 0 bridgehead atoms. The zero-order valence-electron chi connectivity index (χ0n) is 13.9. The number of rotatable bonds is 7. The third kappa shape index (κ3) is 4.99. The first-order chi connectivity index (χ1) is 10.2. The van der Waals surface area contributed by atoms with Crippen molar-refractivity contribution in [1.29, 1.82) is 0 Å². The van der Waals surface area contributed by atoms with Crippen molar-refractivity contribution < 1.29 is 0 Å². The molecular formula is C18H31N3. The van der Waals surface area contributed by atoms with Crippen LogP contribution in [0.3, 0.4) is 0 Å². The third-order valence-electron chi connectivity index (χ3n) is 4.39. The third-order valence-corrected chi connectivity index (χ3v) is 4.39. The van der Waals surface area contributed by atoms with E-state index in [0.29, 0.717) is 6.04 Å². The van der Waals surface area contributed by atoms with Gasteiger partial charge in [0.1, 0.15) is 0 Å². The molecule has 0 aromatic carbocycles. The highest BCUT2D eigenvalue weighted by atomic mass is 15.0. The molecule has 118 valence electrons. The van der Waals surface area contributed by atoms with Crippen molar-refractivity contribution in [3.63, 3.8) is 0 Å². The maximum atomic E-state index is 4.33. The summed E-state index contributed by atoms with van der Waals surface area (Å²) in [5.74, 6) is 0.759. The first kappa shape index (κ1) is 16.3. The fraction of sp³-hybridized carbons (Fsp3) is 0.722. The molecule has 0 saturated heterocycles. The van der Waals surface area contributed by atoms with Gasteiger partial charge >= 0.3 is 0 Å². The maximum absolute atomic E-state index is 4.33. The van der Waals surface area contributed by atoms with Gasteiger partial charge in [-0.3, -0.25) is 0 Å². The molecule has 0 amide bonds. The molecule has 2 rings (SSSR count). The van der Waals surface area contributed by atoms with Gasteiger partial charge in [-0.05, 0) is 31.3 Å². The number of imidazole rings is 1. The summed E-state index contributed by atoms with van der Waals surface area (Å²) < 4.78 is 2.28. The Balaban J connectivity index is 2.15. The SMILES string of the molecule is CCCn1cncc1/C=C(/CNC(C)C)C1CCCCC1. The van der Waals surface area contributed by atoms with Crippen LogP contribution < -0.4 is 5.32 Å². The molecule has 3 heteroatoms. The molecule has 21 heavy (non-hydrogen) atoms. The van der Waals surface area contributed by atoms with Gasteiger partial charge in [0.25, 0.3) is 0 Å². The summed E-state index contributed by atoms with van der Waals surface area (Å²) in [6.45, 7) is 8.73. The first-order valence-electron chi connectivity index (χ1n) is 8.64. The minimum absolute atomic E-state index is 0.539. The van der Waals surface area contributed by atoms with Crippen LogP contribution >= 0.6 is 0 Å². The normalized spacial score (nSPS) is 17.6. The minimum atomic E-state index is 0.539. The largest absolute Gasteiger partial charge is 0.331 e. The Morgan fingerprint density at radius 3 is 2.81 bits per heavy atom. The molecule has 1 aliphatic rings. The van der Waals surface area contributed by atoms with Gasteiger partial charge in [-0.2, -0.15) is 0 Å². The highest BCUT2D eigenvalue weighted by Crippen LogP contribution is 2.30. The second kappa shape index (κ2) is 8.38. The van der Waals surface area contributed by atoms with Gasteiger partial charge < -0.3 is 9.88 Å². The molecule has 1 aromatic rings. The molecule has 1 fully saturated rings. The lowest BCUT2D eigenvalue weighted by atomic mass is 9.83. The number of hydrogen-bond acceptors (Lipinski definition) is 2. The van der Waals surface area contributed by atoms with Crippen molar-refractivity contribution in [2.24, 2.45) is 5.92 Å². The predicted molar refractivity (Wildman–Crippen MR) is 90.2 cm³/mol. The Labute approximate surface area is 129 Å². The fourth-order valence-corrected chi connectivity index (χ4v) is 3.18. The molecule has 1 heterocycles. The van der Waals surface area contributed by atoms with Crippen LogP contribution in [0.4, 0.5) is 0 Å². The molecule has 1 aromatic heterocycles. The van der Waals surface area contributed by atoms with E-state index in [1.54, 1.807) is 5.57 Å². The first-order valence-corrected chi connectivity index (χ1v) is 8.64. The quantitative estimate of drug-likeness (QED) is 0.813. The smallest absolute Gasteiger partial charge is 0.0950 e. The molecule has 1 saturated carbocycles. The summed E-state index contributed by atoms with van der Waals surface area (Å²) in [7, 11) is 0. The number of aryl methyl sites for hydroxylation is 1. The van der Waals surface area contributed by atoms with Gasteiger partial charge in [-0.1, -0.05) is 45.6 Å². The number of aromatic nitrogens is 2. The molecule has 0 atom stereocenters. The molecule has 0 unspecified atom stereocenters. The molecule has 0 spiro atoms. The average Bonchev–Trinajstić information content (AvgIpc) is 2.92. The molecule has 1 aliphatic carbocycles. The van der Waals surface area contributed by atoms with Crippen LogP contribution in [-0.2, 0) is 6.54 Å². The zero-order valence-corrected chi connectivity index (χ0v) is 13.9. The van der Waals surface area contributed by atoms with E-state index in [0.717, 1.165) is 25.4 Å². The van der Waals surface area contributed by atoms with E-state index in [9.17, 15) is 0 Å². The van der Waals surface area contributed by atoms with E-state index < -0.39 is 0 Å². The van der Waals surface area contributed by atoms with E-state index in [1.807, 2.05) is 12.5 Å². The Morgan fingerprint density at radius 2 is 2.14 bits per heavy atom. The van der Waals surface area contributed by atoms with Crippen LogP contribution in [-0.4, -0.2) is 22.1 Å². The van der Waals surface area contributed by atoms with Crippen LogP contribution in [0.2, 0.25) is 0 Å². The zero-order chi connectivity index (χ0) is 15.1. The Hall–Kier alpha value is -1.09. The van der Waals surface area contributed by atoms with E-state index >= 15 is 0 Å². The van der Waals surface area contributed by atoms with Gasteiger partial charge in [-0.25, -0.2) is 4.98 Å². The number of nitrogens with one attached hydrogen (secondary N) is 1. The van der Waals surface area contributed by atoms with E-state index in [4.69, 9.17) is 0 Å². The molecular weight excluding hydrogens is 258 g/mol. The van der Waals surface area contributed by atoms with Crippen molar-refractivity contribution in [3.8, 4) is 0 Å². The highest BCUT2D eigenvalue weighted by Gasteiger charge is 2.18. The summed E-state index contributed by atoms with van der Waals surface area (Å²) in [6, 6.07) is 0.539. The van der Waals surface area contributed by atoms with Crippen molar-refractivity contribution >= 4 is 6.08 Å². The van der Waals surface area contributed by atoms with E-state index in [2.05, 4.69) is 41.7 Å². The monoisotopic (exact) mass is 289 g/mol. The van der Waals surface area contributed by atoms with Crippen LogP contribution in [0.1, 0.15) is 65.0 Å². The lowest BCUT2D eigenvalue weighted by Crippen LogP contribution is -2.28. The highest BCUT2D eigenvalue weighted by molar-refractivity contribution is 5.50.